The Bertz CT molecular complexity index is 412. The lowest BCUT2D eigenvalue weighted by atomic mass is 10.0. The quantitative estimate of drug-likeness (QED) is 0.737. The van der Waals surface area contributed by atoms with Gasteiger partial charge in [0.05, 0.1) is 16.8 Å². The molecule has 0 atom stereocenters. The Morgan fingerprint density at radius 3 is 2.21 bits per heavy atom. The zero-order valence-corrected chi connectivity index (χ0v) is 7.74. The van der Waals surface area contributed by atoms with E-state index in [1.54, 1.807) is 0 Å². The summed E-state index contributed by atoms with van der Waals surface area (Å²) in [5.41, 5.74) is 0.440. The van der Waals surface area contributed by atoms with E-state index in [2.05, 4.69) is 4.98 Å². The van der Waals surface area contributed by atoms with Gasteiger partial charge in [-0.15, -0.1) is 0 Å². The molecule has 0 aliphatic carbocycles. The summed E-state index contributed by atoms with van der Waals surface area (Å²) in [4.78, 5) is 25.2. The minimum absolute atomic E-state index is 0.0371. The molecule has 0 fully saturated rings. The molecule has 5 nitrogen and oxygen atoms in total. The highest BCUT2D eigenvalue weighted by atomic mass is 16.4. The van der Waals surface area contributed by atoms with Crippen LogP contribution in [0.25, 0.3) is 0 Å². The van der Waals surface area contributed by atoms with Crippen molar-refractivity contribution in [2.24, 2.45) is 0 Å². The summed E-state index contributed by atoms with van der Waals surface area (Å²) in [7, 11) is 0. The van der Waals surface area contributed by atoms with Crippen molar-refractivity contribution < 1.29 is 19.8 Å². The van der Waals surface area contributed by atoms with Gasteiger partial charge in [0, 0.05) is 6.20 Å². The van der Waals surface area contributed by atoms with Crippen LogP contribution in [-0.4, -0.2) is 27.1 Å². The second-order valence-electron chi connectivity index (χ2n) is 2.87. The van der Waals surface area contributed by atoms with Crippen LogP contribution >= 0.6 is 0 Å². The molecule has 5 heteroatoms. The van der Waals surface area contributed by atoms with Crippen molar-refractivity contribution in [3.63, 3.8) is 0 Å². The molecule has 0 aromatic carbocycles. The molecule has 0 saturated heterocycles. The zero-order chi connectivity index (χ0) is 10.9. The fourth-order valence-electron chi connectivity index (χ4n) is 1.26. The second kappa shape index (κ2) is 3.45. The number of carboxylic acids is 2. The molecule has 0 aliphatic heterocycles. The van der Waals surface area contributed by atoms with E-state index >= 15 is 0 Å². The van der Waals surface area contributed by atoms with Crippen molar-refractivity contribution in [2.75, 3.05) is 0 Å². The number of hydrogen-bond donors (Lipinski definition) is 2. The molecule has 1 aromatic rings. The lowest BCUT2D eigenvalue weighted by Crippen LogP contribution is -2.10. The smallest absolute Gasteiger partial charge is 0.337 e. The Balaban J connectivity index is 3.49. The molecule has 0 amide bonds. The van der Waals surface area contributed by atoms with Crippen LogP contribution in [0.5, 0.6) is 0 Å². The number of aryl methyl sites for hydroxylation is 1. The van der Waals surface area contributed by atoms with Gasteiger partial charge in [-0.25, -0.2) is 9.59 Å². The van der Waals surface area contributed by atoms with Crippen LogP contribution in [0.1, 0.15) is 32.0 Å². The van der Waals surface area contributed by atoms with Crippen molar-refractivity contribution in [3.8, 4) is 0 Å². The van der Waals surface area contributed by atoms with E-state index in [0.29, 0.717) is 5.69 Å². The largest absolute Gasteiger partial charge is 0.478 e. The molecular formula is C9H9NO4. The van der Waals surface area contributed by atoms with E-state index in [0.717, 1.165) is 0 Å². The van der Waals surface area contributed by atoms with Crippen molar-refractivity contribution >= 4 is 11.9 Å². The average Bonchev–Trinajstić information content (AvgIpc) is 2.02. The topological polar surface area (TPSA) is 87.5 Å². The van der Waals surface area contributed by atoms with Gasteiger partial charge in [-0.1, -0.05) is 0 Å². The van der Waals surface area contributed by atoms with Crippen molar-refractivity contribution in [1.29, 1.82) is 0 Å². The summed E-state index contributed by atoms with van der Waals surface area (Å²) in [6.45, 7) is 2.99. The summed E-state index contributed by atoms with van der Waals surface area (Å²) in [5.74, 6) is -2.33. The molecule has 14 heavy (non-hydrogen) atoms. The van der Waals surface area contributed by atoms with Crippen LogP contribution in [0.4, 0.5) is 0 Å². The van der Waals surface area contributed by atoms with Crippen molar-refractivity contribution in [1.82, 2.24) is 4.98 Å². The monoisotopic (exact) mass is 195 g/mol. The van der Waals surface area contributed by atoms with E-state index in [1.807, 2.05) is 0 Å². The number of nitrogens with zero attached hydrogens (tertiary/aromatic N) is 1. The number of hydrogen-bond acceptors (Lipinski definition) is 3. The van der Waals surface area contributed by atoms with Gasteiger partial charge in [-0.3, -0.25) is 4.98 Å². The lowest BCUT2D eigenvalue weighted by Gasteiger charge is -2.06. The summed E-state index contributed by atoms with van der Waals surface area (Å²) in [6, 6.07) is 0. The Labute approximate surface area is 80.0 Å². The van der Waals surface area contributed by atoms with Gasteiger partial charge in [-0.2, -0.15) is 0 Å². The molecular weight excluding hydrogens is 186 g/mol. The van der Waals surface area contributed by atoms with Crippen LogP contribution in [0.3, 0.4) is 0 Å². The van der Waals surface area contributed by atoms with Crippen LogP contribution in [0, 0.1) is 13.8 Å². The van der Waals surface area contributed by atoms with Crippen molar-refractivity contribution in [2.45, 2.75) is 13.8 Å². The molecule has 0 saturated carbocycles. The minimum Gasteiger partial charge on any atom is -0.478 e. The van der Waals surface area contributed by atoms with E-state index < -0.39 is 11.9 Å². The third kappa shape index (κ3) is 1.56. The third-order valence-corrected chi connectivity index (χ3v) is 1.97. The maximum atomic E-state index is 10.8. The highest BCUT2D eigenvalue weighted by Crippen LogP contribution is 2.15. The maximum Gasteiger partial charge on any atom is 0.337 e. The second-order valence-corrected chi connectivity index (χ2v) is 2.87. The molecule has 0 spiro atoms. The Morgan fingerprint density at radius 2 is 1.79 bits per heavy atom. The van der Waals surface area contributed by atoms with Crippen LogP contribution in [0.15, 0.2) is 6.20 Å². The van der Waals surface area contributed by atoms with Gasteiger partial charge in [0.1, 0.15) is 0 Å². The number of pyridine rings is 1. The van der Waals surface area contributed by atoms with Gasteiger partial charge in [0.15, 0.2) is 0 Å². The minimum atomic E-state index is -1.17. The summed E-state index contributed by atoms with van der Waals surface area (Å²) in [6.07, 6.45) is 1.17. The number of carbonyl (C=O) groups is 2. The molecule has 0 bridgehead atoms. The van der Waals surface area contributed by atoms with Gasteiger partial charge in [0.2, 0.25) is 0 Å². The first-order valence-corrected chi connectivity index (χ1v) is 3.88. The summed E-state index contributed by atoms with van der Waals surface area (Å²) in [5, 5.41) is 17.5. The van der Waals surface area contributed by atoms with E-state index in [9.17, 15) is 9.59 Å². The number of aromatic nitrogens is 1. The summed E-state index contributed by atoms with van der Waals surface area (Å²) < 4.78 is 0. The number of rotatable bonds is 2. The lowest BCUT2D eigenvalue weighted by molar-refractivity contribution is 0.0694. The van der Waals surface area contributed by atoms with Crippen LogP contribution in [0.2, 0.25) is 0 Å². The third-order valence-electron chi connectivity index (χ3n) is 1.97. The Hall–Kier alpha value is -1.91. The first kappa shape index (κ1) is 10.2. The number of carboxylic acid groups (broad SMARTS) is 2. The van der Waals surface area contributed by atoms with E-state index in [-0.39, 0.29) is 16.7 Å². The highest BCUT2D eigenvalue weighted by molar-refractivity contribution is 5.96. The molecule has 1 rings (SSSR count). The average molecular weight is 195 g/mol. The maximum absolute atomic E-state index is 10.8. The standard InChI is InChI=1S/C9H9NO4/c1-4-6(8(11)12)3-10-5(2)7(4)9(13)14/h3H,1-2H3,(H,11,12)(H,13,14). The van der Waals surface area contributed by atoms with Gasteiger partial charge in [-0.05, 0) is 19.4 Å². The van der Waals surface area contributed by atoms with Crippen molar-refractivity contribution in [3.05, 3.63) is 28.6 Å². The fraction of sp³-hybridized carbons (Fsp3) is 0.222. The molecule has 1 aromatic heterocycles. The number of aromatic carboxylic acids is 2. The van der Waals surface area contributed by atoms with E-state index in [4.69, 9.17) is 10.2 Å². The molecule has 1 heterocycles. The predicted octanol–water partition coefficient (Wildman–Crippen LogP) is 1.09. The molecule has 0 radical (unpaired) electrons. The van der Waals surface area contributed by atoms with E-state index in [1.165, 1.54) is 20.0 Å². The van der Waals surface area contributed by atoms with Gasteiger partial charge >= 0.3 is 11.9 Å². The normalized spacial score (nSPS) is 9.86. The molecule has 0 aliphatic rings. The highest BCUT2D eigenvalue weighted by Gasteiger charge is 2.18. The molecule has 2 N–H and O–H groups in total. The molecule has 0 unspecified atom stereocenters. The Morgan fingerprint density at radius 1 is 1.21 bits per heavy atom. The van der Waals surface area contributed by atoms with Crippen LogP contribution < -0.4 is 0 Å². The first-order chi connectivity index (χ1) is 6.45. The SMILES string of the molecule is Cc1ncc(C(=O)O)c(C)c1C(=O)O. The van der Waals surface area contributed by atoms with Crippen LogP contribution in [-0.2, 0) is 0 Å². The Kier molecular flexibility index (Phi) is 2.51. The predicted molar refractivity (Wildman–Crippen MR) is 47.6 cm³/mol. The summed E-state index contributed by atoms with van der Waals surface area (Å²) >= 11 is 0. The first-order valence-electron chi connectivity index (χ1n) is 3.88. The molecule has 74 valence electrons. The van der Waals surface area contributed by atoms with Gasteiger partial charge < -0.3 is 10.2 Å². The van der Waals surface area contributed by atoms with Gasteiger partial charge in [0.25, 0.3) is 0 Å². The zero-order valence-electron chi connectivity index (χ0n) is 7.74. The fourth-order valence-corrected chi connectivity index (χ4v) is 1.26.